The Bertz CT molecular complexity index is 347. The van der Waals surface area contributed by atoms with Gasteiger partial charge in [-0.3, -0.25) is 0 Å². The molecule has 0 aliphatic carbocycles. The smallest absolute Gasteiger partial charge is 0.161 e. The van der Waals surface area contributed by atoms with E-state index in [-0.39, 0.29) is 12.4 Å². The van der Waals surface area contributed by atoms with Crippen LogP contribution in [0.15, 0.2) is 18.2 Å². The standard InChI is InChI=1S/C14H23NO3.ClH/c1-4-18-13-7-6-12(10-14(13)17-3)11-15-8-5-9-16-2;/h6-7,10,15H,4-5,8-9,11H2,1-3H3;1H. The summed E-state index contributed by atoms with van der Waals surface area (Å²) in [6.45, 7) is 5.17. The summed E-state index contributed by atoms with van der Waals surface area (Å²) in [4.78, 5) is 0. The molecule has 0 saturated carbocycles. The van der Waals surface area contributed by atoms with Gasteiger partial charge in [0.1, 0.15) is 0 Å². The molecule has 1 aromatic rings. The highest BCUT2D eigenvalue weighted by molar-refractivity contribution is 5.85. The first-order chi connectivity index (χ1) is 8.81. The minimum Gasteiger partial charge on any atom is -0.493 e. The predicted molar refractivity (Wildman–Crippen MR) is 79.6 cm³/mol. The highest BCUT2D eigenvalue weighted by Gasteiger charge is 2.04. The molecule has 0 bridgehead atoms. The summed E-state index contributed by atoms with van der Waals surface area (Å²) in [5, 5.41) is 3.36. The molecule has 0 aliphatic rings. The van der Waals surface area contributed by atoms with Crippen LogP contribution in [-0.2, 0) is 11.3 Å². The summed E-state index contributed by atoms with van der Waals surface area (Å²) in [7, 11) is 3.38. The van der Waals surface area contributed by atoms with Crippen LogP contribution < -0.4 is 14.8 Å². The third-order valence-corrected chi connectivity index (χ3v) is 2.56. The van der Waals surface area contributed by atoms with E-state index < -0.39 is 0 Å². The molecular weight excluding hydrogens is 266 g/mol. The third-order valence-electron chi connectivity index (χ3n) is 2.56. The lowest BCUT2D eigenvalue weighted by Crippen LogP contribution is -2.16. The van der Waals surface area contributed by atoms with Crippen molar-refractivity contribution in [2.45, 2.75) is 19.9 Å². The third kappa shape index (κ3) is 6.66. The topological polar surface area (TPSA) is 39.7 Å². The molecule has 0 unspecified atom stereocenters. The van der Waals surface area contributed by atoms with Crippen molar-refractivity contribution in [3.05, 3.63) is 23.8 Å². The minimum absolute atomic E-state index is 0. The van der Waals surface area contributed by atoms with Gasteiger partial charge in [-0.15, -0.1) is 12.4 Å². The molecule has 0 aliphatic heterocycles. The van der Waals surface area contributed by atoms with E-state index in [0.717, 1.165) is 37.6 Å². The molecule has 0 radical (unpaired) electrons. The predicted octanol–water partition coefficient (Wildman–Crippen LogP) is 2.64. The SMILES string of the molecule is CCOc1ccc(CNCCCOC)cc1OC.Cl. The maximum absolute atomic E-state index is 5.48. The summed E-state index contributed by atoms with van der Waals surface area (Å²) < 4.78 is 15.8. The molecule has 0 fully saturated rings. The molecule has 5 heteroatoms. The van der Waals surface area contributed by atoms with E-state index in [1.54, 1.807) is 14.2 Å². The van der Waals surface area contributed by atoms with Crippen LogP contribution in [0.3, 0.4) is 0 Å². The zero-order valence-electron chi connectivity index (χ0n) is 11.9. The number of benzene rings is 1. The van der Waals surface area contributed by atoms with E-state index in [0.29, 0.717) is 6.61 Å². The van der Waals surface area contributed by atoms with Crippen molar-refractivity contribution in [3.8, 4) is 11.5 Å². The normalized spacial score (nSPS) is 9.84. The Morgan fingerprint density at radius 3 is 2.58 bits per heavy atom. The second kappa shape index (κ2) is 10.9. The van der Waals surface area contributed by atoms with E-state index in [1.807, 2.05) is 19.1 Å². The van der Waals surface area contributed by atoms with Gasteiger partial charge in [0.25, 0.3) is 0 Å². The number of halogens is 1. The summed E-state index contributed by atoms with van der Waals surface area (Å²) >= 11 is 0. The van der Waals surface area contributed by atoms with Crippen LogP contribution in [0, 0.1) is 0 Å². The lowest BCUT2D eigenvalue weighted by Gasteiger charge is -2.11. The van der Waals surface area contributed by atoms with Gasteiger partial charge >= 0.3 is 0 Å². The van der Waals surface area contributed by atoms with Gasteiger partial charge in [0.15, 0.2) is 11.5 Å². The lowest BCUT2D eigenvalue weighted by molar-refractivity contribution is 0.194. The monoisotopic (exact) mass is 289 g/mol. The van der Waals surface area contributed by atoms with Crippen LogP contribution in [0.25, 0.3) is 0 Å². The Labute approximate surface area is 121 Å². The summed E-state index contributed by atoms with van der Waals surface area (Å²) in [5.74, 6) is 1.58. The van der Waals surface area contributed by atoms with E-state index in [1.165, 1.54) is 5.56 Å². The maximum Gasteiger partial charge on any atom is 0.161 e. The number of nitrogens with one attached hydrogen (secondary N) is 1. The molecular formula is C14H24ClNO3. The van der Waals surface area contributed by atoms with Crippen molar-refractivity contribution in [3.63, 3.8) is 0 Å². The summed E-state index contributed by atoms with van der Waals surface area (Å²) in [6.07, 6.45) is 1.02. The highest BCUT2D eigenvalue weighted by atomic mass is 35.5. The molecule has 110 valence electrons. The first kappa shape index (κ1) is 18.0. The van der Waals surface area contributed by atoms with Crippen molar-refractivity contribution in [2.75, 3.05) is 34.0 Å². The van der Waals surface area contributed by atoms with Crippen LogP contribution in [0.5, 0.6) is 11.5 Å². The Balaban J connectivity index is 0.00000324. The number of rotatable bonds is 9. The van der Waals surface area contributed by atoms with E-state index in [2.05, 4.69) is 11.4 Å². The zero-order valence-corrected chi connectivity index (χ0v) is 12.7. The van der Waals surface area contributed by atoms with Crippen molar-refractivity contribution < 1.29 is 14.2 Å². The Morgan fingerprint density at radius 2 is 1.95 bits per heavy atom. The molecule has 19 heavy (non-hydrogen) atoms. The molecule has 1 aromatic carbocycles. The van der Waals surface area contributed by atoms with E-state index in [9.17, 15) is 0 Å². The molecule has 0 heterocycles. The first-order valence-corrected chi connectivity index (χ1v) is 6.31. The number of methoxy groups -OCH3 is 2. The van der Waals surface area contributed by atoms with E-state index in [4.69, 9.17) is 14.2 Å². The summed E-state index contributed by atoms with van der Waals surface area (Å²) in [5.41, 5.74) is 1.19. The molecule has 1 rings (SSSR count). The highest BCUT2D eigenvalue weighted by Crippen LogP contribution is 2.27. The molecule has 4 nitrogen and oxygen atoms in total. The lowest BCUT2D eigenvalue weighted by atomic mass is 10.2. The largest absolute Gasteiger partial charge is 0.493 e. The van der Waals surface area contributed by atoms with Gasteiger partial charge in [0.2, 0.25) is 0 Å². The van der Waals surface area contributed by atoms with Crippen molar-refractivity contribution in [1.82, 2.24) is 5.32 Å². The molecule has 0 atom stereocenters. The average molecular weight is 290 g/mol. The molecule has 1 N–H and O–H groups in total. The van der Waals surface area contributed by atoms with Crippen LogP contribution in [0.1, 0.15) is 18.9 Å². The van der Waals surface area contributed by atoms with Crippen molar-refractivity contribution in [2.24, 2.45) is 0 Å². The molecule has 0 saturated heterocycles. The number of hydrogen-bond acceptors (Lipinski definition) is 4. The van der Waals surface area contributed by atoms with Crippen LogP contribution in [-0.4, -0.2) is 34.0 Å². The molecule has 0 amide bonds. The van der Waals surface area contributed by atoms with Gasteiger partial charge in [0, 0.05) is 20.3 Å². The van der Waals surface area contributed by atoms with Gasteiger partial charge in [0.05, 0.1) is 13.7 Å². The number of hydrogen-bond donors (Lipinski definition) is 1. The average Bonchev–Trinajstić information content (AvgIpc) is 2.40. The second-order valence-corrected chi connectivity index (χ2v) is 3.94. The Hall–Kier alpha value is -0.970. The zero-order chi connectivity index (χ0) is 13.2. The van der Waals surface area contributed by atoms with Crippen LogP contribution >= 0.6 is 12.4 Å². The van der Waals surface area contributed by atoms with Crippen LogP contribution in [0.2, 0.25) is 0 Å². The van der Waals surface area contributed by atoms with Gasteiger partial charge < -0.3 is 19.5 Å². The fourth-order valence-electron chi connectivity index (χ4n) is 1.67. The quantitative estimate of drug-likeness (QED) is 0.710. The van der Waals surface area contributed by atoms with Crippen molar-refractivity contribution >= 4 is 12.4 Å². The molecule has 0 spiro atoms. The van der Waals surface area contributed by atoms with Crippen molar-refractivity contribution in [1.29, 1.82) is 0 Å². The van der Waals surface area contributed by atoms with E-state index >= 15 is 0 Å². The van der Waals surface area contributed by atoms with Gasteiger partial charge in [-0.25, -0.2) is 0 Å². The number of ether oxygens (including phenoxy) is 3. The van der Waals surface area contributed by atoms with Crippen LogP contribution in [0.4, 0.5) is 0 Å². The fourth-order valence-corrected chi connectivity index (χ4v) is 1.67. The van der Waals surface area contributed by atoms with Gasteiger partial charge in [-0.1, -0.05) is 6.07 Å². The Kier molecular flexibility index (Phi) is 10.4. The Morgan fingerprint density at radius 1 is 1.16 bits per heavy atom. The molecule has 0 aromatic heterocycles. The fraction of sp³-hybridized carbons (Fsp3) is 0.571. The van der Waals surface area contributed by atoms with Gasteiger partial charge in [-0.05, 0) is 37.6 Å². The second-order valence-electron chi connectivity index (χ2n) is 3.94. The summed E-state index contributed by atoms with van der Waals surface area (Å²) in [6, 6.07) is 6.01. The van der Waals surface area contributed by atoms with Gasteiger partial charge in [-0.2, -0.15) is 0 Å². The minimum atomic E-state index is 0. The first-order valence-electron chi connectivity index (χ1n) is 6.31. The maximum atomic E-state index is 5.48.